The van der Waals surface area contributed by atoms with E-state index in [0.717, 1.165) is 12.1 Å². The standard InChI is InChI=1S/C17H16N4O7S2/c1-11-12(2)18-28-17(11)20-29(24,25)14-9-7-13(8-10-14)19-30(26,27)16-6-4-3-5-15(16)21(22)23/h3-10,19-20H,1-2H3. The molecule has 0 aliphatic carbocycles. The quantitative estimate of drug-likeness (QED) is 0.408. The number of nitro groups is 1. The number of nitro benzene ring substituents is 1. The van der Waals surface area contributed by atoms with Crippen molar-refractivity contribution in [2.24, 2.45) is 0 Å². The molecule has 1 heterocycles. The van der Waals surface area contributed by atoms with Crippen LogP contribution in [0, 0.1) is 24.0 Å². The highest BCUT2D eigenvalue weighted by atomic mass is 32.2. The summed E-state index contributed by atoms with van der Waals surface area (Å²) in [6, 6.07) is 9.68. The van der Waals surface area contributed by atoms with Crippen LogP contribution < -0.4 is 9.44 Å². The Morgan fingerprint density at radius 1 is 0.933 bits per heavy atom. The second kappa shape index (κ2) is 7.76. The molecule has 0 aliphatic rings. The third-order valence-corrected chi connectivity index (χ3v) is 6.93. The maximum atomic E-state index is 12.5. The van der Waals surface area contributed by atoms with Crippen LogP contribution in [0.4, 0.5) is 17.3 Å². The lowest BCUT2D eigenvalue weighted by atomic mass is 10.3. The van der Waals surface area contributed by atoms with Gasteiger partial charge in [0.05, 0.1) is 15.5 Å². The number of rotatable bonds is 7. The molecule has 0 unspecified atom stereocenters. The summed E-state index contributed by atoms with van der Waals surface area (Å²) in [4.78, 5) is 9.62. The highest BCUT2D eigenvalue weighted by Gasteiger charge is 2.25. The number of nitrogens with one attached hydrogen (secondary N) is 2. The SMILES string of the molecule is Cc1noc(NS(=O)(=O)c2ccc(NS(=O)(=O)c3ccccc3[N+](=O)[O-])cc2)c1C. The van der Waals surface area contributed by atoms with Crippen LogP contribution in [0.5, 0.6) is 0 Å². The topological polar surface area (TPSA) is 162 Å². The van der Waals surface area contributed by atoms with E-state index in [0.29, 0.717) is 11.3 Å². The molecule has 11 nitrogen and oxygen atoms in total. The summed E-state index contributed by atoms with van der Waals surface area (Å²) in [6.45, 7) is 3.30. The molecular formula is C17H16N4O7S2. The molecule has 30 heavy (non-hydrogen) atoms. The predicted molar refractivity (Wildman–Crippen MR) is 107 cm³/mol. The summed E-state index contributed by atoms with van der Waals surface area (Å²) in [7, 11) is -8.27. The van der Waals surface area contributed by atoms with E-state index >= 15 is 0 Å². The van der Waals surface area contributed by atoms with Crippen LogP contribution in [0.25, 0.3) is 0 Å². The fourth-order valence-corrected chi connectivity index (χ4v) is 4.72. The number of sulfonamides is 2. The summed E-state index contributed by atoms with van der Waals surface area (Å²) in [5.41, 5.74) is 0.518. The van der Waals surface area contributed by atoms with Crippen LogP contribution >= 0.6 is 0 Å². The van der Waals surface area contributed by atoms with Crippen LogP contribution in [0.3, 0.4) is 0 Å². The molecule has 0 aliphatic heterocycles. The molecule has 0 amide bonds. The van der Waals surface area contributed by atoms with Crippen LogP contribution in [-0.2, 0) is 20.0 Å². The first kappa shape index (κ1) is 21.3. The van der Waals surface area contributed by atoms with Gasteiger partial charge in [-0.2, -0.15) is 0 Å². The number of nitrogens with zero attached hydrogens (tertiary/aromatic N) is 2. The van der Waals surface area contributed by atoms with Gasteiger partial charge in [0.25, 0.3) is 25.7 Å². The molecule has 0 saturated heterocycles. The van der Waals surface area contributed by atoms with Crippen molar-refractivity contribution in [2.75, 3.05) is 9.44 Å². The van der Waals surface area contributed by atoms with Gasteiger partial charge in [-0.25, -0.2) is 21.6 Å². The molecule has 0 spiro atoms. The maximum absolute atomic E-state index is 12.5. The average Bonchev–Trinajstić information content (AvgIpc) is 2.99. The number of para-hydroxylation sites is 1. The molecule has 0 atom stereocenters. The van der Waals surface area contributed by atoms with Crippen LogP contribution in [0.2, 0.25) is 0 Å². The Morgan fingerprint density at radius 3 is 2.13 bits per heavy atom. The van der Waals surface area contributed by atoms with E-state index in [1.165, 1.54) is 36.4 Å². The van der Waals surface area contributed by atoms with Crippen LogP contribution in [0.1, 0.15) is 11.3 Å². The minimum absolute atomic E-state index is 0.0198. The summed E-state index contributed by atoms with van der Waals surface area (Å²) >= 11 is 0. The molecule has 3 aromatic rings. The zero-order valence-electron chi connectivity index (χ0n) is 15.7. The van der Waals surface area contributed by atoms with Crippen molar-refractivity contribution in [3.63, 3.8) is 0 Å². The number of anilines is 2. The molecule has 2 N–H and O–H groups in total. The van der Waals surface area contributed by atoms with Gasteiger partial charge in [-0.3, -0.25) is 14.8 Å². The first-order valence-corrected chi connectivity index (χ1v) is 11.3. The van der Waals surface area contributed by atoms with E-state index in [2.05, 4.69) is 14.6 Å². The Hall–Kier alpha value is -3.45. The van der Waals surface area contributed by atoms with E-state index in [-0.39, 0.29) is 16.5 Å². The number of benzene rings is 2. The summed E-state index contributed by atoms with van der Waals surface area (Å²) in [5, 5.41) is 14.7. The van der Waals surface area contributed by atoms with E-state index < -0.39 is 35.6 Å². The minimum Gasteiger partial charge on any atom is -0.337 e. The Balaban J connectivity index is 1.84. The summed E-state index contributed by atoms with van der Waals surface area (Å²) in [5.74, 6) is -0.0198. The lowest BCUT2D eigenvalue weighted by Gasteiger charge is -2.10. The Labute approximate surface area is 172 Å². The van der Waals surface area contributed by atoms with E-state index in [1.807, 2.05) is 0 Å². The predicted octanol–water partition coefficient (Wildman–Crippen LogP) is 2.80. The number of hydrogen-bond donors (Lipinski definition) is 2. The second-order valence-corrected chi connectivity index (χ2v) is 9.52. The fraction of sp³-hybridized carbons (Fsp3) is 0.118. The minimum atomic E-state index is -4.27. The van der Waals surface area contributed by atoms with Gasteiger partial charge in [0.2, 0.25) is 5.88 Å². The van der Waals surface area contributed by atoms with Crippen molar-refractivity contribution in [1.29, 1.82) is 0 Å². The van der Waals surface area contributed by atoms with E-state index in [1.54, 1.807) is 13.8 Å². The van der Waals surface area contributed by atoms with Gasteiger partial charge >= 0.3 is 0 Å². The van der Waals surface area contributed by atoms with Gasteiger partial charge in [0, 0.05) is 17.3 Å². The zero-order valence-corrected chi connectivity index (χ0v) is 17.3. The molecule has 0 bridgehead atoms. The highest BCUT2D eigenvalue weighted by Crippen LogP contribution is 2.26. The van der Waals surface area contributed by atoms with Crippen molar-refractivity contribution < 1.29 is 26.3 Å². The van der Waals surface area contributed by atoms with Crippen molar-refractivity contribution in [1.82, 2.24) is 5.16 Å². The lowest BCUT2D eigenvalue weighted by molar-refractivity contribution is -0.387. The van der Waals surface area contributed by atoms with Gasteiger partial charge in [0.1, 0.15) is 0 Å². The van der Waals surface area contributed by atoms with E-state index in [9.17, 15) is 26.9 Å². The normalized spacial score (nSPS) is 11.8. The zero-order chi connectivity index (χ0) is 22.1. The van der Waals surface area contributed by atoms with Gasteiger partial charge in [-0.15, -0.1) is 0 Å². The Bertz CT molecular complexity index is 1310. The Kier molecular flexibility index (Phi) is 5.50. The Morgan fingerprint density at radius 2 is 1.57 bits per heavy atom. The molecule has 2 aromatic carbocycles. The monoisotopic (exact) mass is 452 g/mol. The molecule has 158 valence electrons. The van der Waals surface area contributed by atoms with Gasteiger partial charge < -0.3 is 4.52 Å². The second-order valence-electron chi connectivity index (χ2n) is 6.18. The maximum Gasteiger partial charge on any atom is 0.289 e. The van der Waals surface area contributed by atoms with Crippen molar-refractivity contribution in [3.8, 4) is 0 Å². The molecular weight excluding hydrogens is 436 g/mol. The summed E-state index contributed by atoms with van der Waals surface area (Å²) < 4.78 is 59.4. The van der Waals surface area contributed by atoms with Crippen LogP contribution in [0.15, 0.2) is 62.8 Å². The first-order valence-electron chi connectivity index (χ1n) is 8.33. The lowest BCUT2D eigenvalue weighted by Crippen LogP contribution is -2.15. The average molecular weight is 452 g/mol. The number of hydrogen-bond acceptors (Lipinski definition) is 8. The third kappa shape index (κ3) is 4.26. The molecule has 1 aromatic heterocycles. The van der Waals surface area contributed by atoms with Crippen molar-refractivity contribution in [3.05, 3.63) is 69.9 Å². The third-order valence-electron chi connectivity index (χ3n) is 4.15. The van der Waals surface area contributed by atoms with Gasteiger partial charge in [-0.05, 0) is 44.2 Å². The van der Waals surface area contributed by atoms with Crippen molar-refractivity contribution in [2.45, 2.75) is 23.6 Å². The van der Waals surface area contributed by atoms with Gasteiger partial charge in [0.15, 0.2) is 4.90 Å². The molecule has 0 radical (unpaired) electrons. The molecule has 13 heteroatoms. The highest BCUT2D eigenvalue weighted by molar-refractivity contribution is 7.93. The molecule has 3 rings (SSSR count). The van der Waals surface area contributed by atoms with Gasteiger partial charge in [-0.1, -0.05) is 17.3 Å². The van der Waals surface area contributed by atoms with Crippen molar-refractivity contribution >= 4 is 37.3 Å². The molecule has 0 fully saturated rings. The van der Waals surface area contributed by atoms with Crippen LogP contribution in [-0.4, -0.2) is 26.9 Å². The fourth-order valence-electron chi connectivity index (χ4n) is 2.44. The first-order chi connectivity index (χ1) is 14.0. The summed E-state index contributed by atoms with van der Waals surface area (Å²) in [6.07, 6.45) is 0. The smallest absolute Gasteiger partial charge is 0.289 e. The number of aryl methyl sites for hydroxylation is 1. The van der Waals surface area contributed by atoms with E-state index in [4.69, 9.17) is 4.52 Å². The largest absolute Gasteiger partial charge is 0.337 e. The number of aromatic nitrogens is 1. The molecule has 0 saturated carbocycles.